The zero-order valence-corrected chi connectivity index (χ0v) is 18.1. The molecule has 1 heterocycles. The first-order valence-electron chi connectivity index (χ1n) is 9.89. The molecule has 6 nitrogen and oxygen atoms in total. The first-order valence-corrected chi connectivity index (χ1v) is 10.3. The van der Waals surface area contributed by atoms with Crippen LogP contribution in [-0.4, -0.2) is 67.0 Å². The molecular weight excluding hydrogens is 380 g/mol. The summed E-state index contributed by atoms with van der Waals surface area (Å²) >= 11 is 6.34. The summed E-state index contributed by atoms with van der Waals surface area (Å²) in [7, 11) is 1.59. The van der Waals surface area contributed by atoms with Crippen LogP contribution in [0.1, 0.15) is 50.4 Å². The lowest BCUT2D eigenvalue weighted by atomic mass is 9.97. The third-order valence-corrected chi connectivity index (χ3v) is 5.27. The minimum Gasteiger partial charge on any atom is -0.489 e. The smallest absolute Gasteiger partial charge is 0.251 e. The second kappa shape index (κ2) is 10.4. The van der Waals surface area contributed by atoms with Crippen molar-refractivity contribution in [3.8, 4) is 5.75 Å². The molecule has 0 unspecified atom stereocenters. The van der Waals surface area contributed by atoms with E-state index in [4.69, 9.17) is 21.1 Å². The SMILES string of the molecule is COCCNC(=O)c1ccc(OC2CCN([C@@H](C)CC(C)(C)O)CC2)c(Cl)c1. The minimum absolute atomic E-state index is 0.101. The van der Waals surface area contributed by atoms with Gasteiger partial charge in [-0.05, 0) is 58.2 Å². The normalized spacial score (nSPS) is 17.4. The molecule has 1 aromatic carbocycles. The van der Waals surface area contributed by atoms with Gasteiger partial charge in [0.2, 0.25) is 0 Å². The molecule has 1 amide bonds. The number of aliphatic hydroxyl groups is 1. The fourth-order valence-corrected chi connectivity index (χ4v) is 3.80. The van der Waals surface area contributed by atoms with E-state index in [1.165, 1.54) is 0 Å². The van der Waals surface area contributed by atoms with Gasteiger partial charge in [-0.2, -0.15) is 0 Å². The van der Waals surface area contributed by atoms with Crippen molar-refractivity contribution in [2.24, 2.45) is 0 Å². The predicted octanol–water partition coefficient (Wildman–Crippen LogP) is 3.11. The van der Waals surface area contributed by atoms with Crippen LogP contribution in [0.5, 0.6) is 5.75 Å². The van der Waals surface area contributed by atoms with Crippen molar-refractivity contribution in [1.82, 2.24) is 10.2 Å². The van der Waals surface area contributed by atoms with Crippen LogP contribution in [0, 0.1) is 0 Å². The maximum atomic E-state index is 12.1. The molecule has 0 aliphatic carbocycles. The van der Waals surface area contributed by atoms with E-state index >= 15 is 0 Å². The number of rotatable bonds is 9. The van der Waals surface area contributed by atoms with Crippen LogP contribution in [0.25, 0.3) is 0 Å². The molecule has 158 valence electrons. The second-order valence-electron chi connectivity index (χ2n) is 8.11. The summed E-state index contributed by atoms with van der Waals surface area (Å²) in [5.74, 6) is 0.428. The molecular formula is C21H33ClN2O4. The van der Waals surface area contributed by atoms with Crippen molar-refractivity contribution >= 4 is 17.5 Å². The second-order valence-corrected chi connectivity index (χ2v) is 8.52. The molecule has 28 heavy (non-hydrogen) atoms. The molecule has 2 rings (SSSR count). The van der Waals surface area contributed by atoms with Crippen LogP contribution in [0.4, 0.5) is 0 Å². The van der Waals surface area contributed by atoms with Crippen LogP contribution in [0.2, 0.25) is 5.02 Å². The Kier molecular flexibility index (Phi) is 8.56. The Hall–Kier alpha value is -1.34. The van der Waals surface area contributed by atoms with Gasteiger partial charge in [0, 0.05) is 38.3 Å². The maximum Gasteiger partial charge on any atom is 0.251 e. The first-order chi connectivity index (χ1) is 13.2. The quantitative estimate of drug-likeness (QED) is 0.610. The summed E-state index contributed by atoms with van der Waals surface area (Å²) in [5.41, 5.74) is -0.151. The molecule has 0 aromatic heterocycles. The van der Waals surface area contributed by atoms with Gasteiger partial charge in [0.15, 0.2) is 0 Å². The van der Waals surface area contributed by atoms with Gasteiger partial charge in [-0.3, -0.25) is 4.79 Å². The van der Waals surface area contributed by atoms with Gasteiger partial charge in [-0.1, -0.05) is 11.6 Å². The fourth-order valence-electron chi connectivity index (χ4n) is 3.57. The highest BCUT2D eigenvalue weighted by atomic mass is 35.5. The van der Waals surface area contributed by atoms with Gasteiger partial charge in [0.05, 0.1) is 17.2 Å². The average Bonchev–Trinajstić information content (AvgIpc) is 2.62. The van der Waals surface area contributed by atoms with Crippen molar-refractivity contribution in [2.75, 3.05) is 33.4 Å². The van der Waals surface area contributed by atoms with E-state index in [1.807, 2.05) is 13.8 Å². The third-order valence-electron chi connectivity index (χ3n) is 4.97. The number of ether oxygens (including phenoxy) is 2. The maximum absolute atomic E-state index is 12.1. The van der Waals surface area contributed by atoms with Gasteiger partial charge < -0.3 is 24.8 Å². The van der Waals surface area contributed by atoms with Crippen molar-refractivity contribution in [3.05, 3.63) is 28.8 Å². The fraction of sp³-hybridized carbons (Fsp3) is 0.667. The topological polar surface area (TPSA) is 71.0 Å². The summed E-state index contributed by atoms with van der Waals surface area (Å²) in [6, 6.07) is 5.46. The van der Waals surface area contributed by atoms with Crippen molar-refractivity contribution in [2.45, 2.75) is 57.8 Å². The largest absolute Gasteiger partial charge is 0.489 e. The number of hydrogen-bond donors (Lipinski definition) is 2. The number of nitrogens with zero attached hydrogens (tertiary/aromatic N) is 1. The Balaban J connectivity index is 1.85. The molecule has 0 radical (unpaired) electrons. The molecule has 1 aliphatic rings. The molecule has 1 saturated heterocycles. The summed E-state index contributed by atoms with van der Waals surface area (Å²) in [6.45, 7) is 8.64. The predicted molar refractivity (Wildman–Crippen MR) is 111 cm³/mol. The molecule has 0 bridgehead atoms. The lowest BCUT2D eigenvalue weighted by Gasteiger charge is -2.38. The molecule has 2 N–H and O–H groups in total. The number of hydrogen-bond acceptors (Lipinski definition) is 5. The van der Waals surface area contributed by atoms with E-state index in [0.29, 0.717) is 35.5 Å². The van der Waals surface area contributed by atoms with Crippen LogP contribution in [0.3, 0.4) is 0 Å². The Morgan fingerprint density at radius 1 is 1.39 bits per heavy atom. The highest BCUT2D eigenvalue weighted by Gasteiger charge is 2.27. The molecule has 1 fully saturated rings. The van der Waals surface area contributed by atoms with Crippen LogP contribution in [-0.2, 0) is 4.74 Å². The average molecular weight is 413 g/mol. The number of benzene rings is 1. The zero-order chi connectivity index (χ0) is 20.7. The summed E-state index contributed by atoms with van der Waals surface area (Å²) < 4.78 is 11.0. The monoisotopic (exact) mass is 412 g/mol. The number of halogens is 1. The summed E-state index contributed by atoms with van der Waals surface area (Å²) in [5, 5.41) is 13.2. The van der Waals surface area contributed by atoms with E-state index in [0.717, 1.165) is 32.4 Å². The number of methoxy groups -OCH3 is 1. The highest BCUT2D eigenvalue weighted by Crippen LogP contribution is 2.29. The number of nitrogens with one attached hydrogen (secondary N) is 1. The minimum atomic E-state index is -0.655. The molecule has 7 heteroatoms. The highest BCUT2D eigenvalue weighted by molar-refractivity contribution is 6.32. The summed E-state index contributed by atoms with van der Waals surface area (Å²) in [4.78, 5) is 14.5. The van der Waals surface area contributed by atoms with Gasteiger partial charge >= 0.3 is 0 Å². The summed E-state index contributed by atoms with van der Waals surface area (Å²) in [6.07, 6.45) is 2.67. The van der Waals surface area contributed by atoms with E-state index in [2.05, 4.69) is 17.1 Å². The van der Waals surface area contributed by atoms with Crippen LogP contribution >= 0.6 is 11.6 Å². The standard InChI is InChI=1S/C21H33ClN2O4/c1-15(14-21(2,3)26)24-10-7-17(8-11-24)28-19-6-5-16(13-18(19)22)20(25)23-9-12-27-4/h5-6,13,15,17,26H,7-12,14H2,1-4H3,(H,23,25)/t15-/m0/s1. The number of carbonyl (C=O) groups excluding carboxylic acids is 1. The van der Waals surface area contributed by atoms with Crippen molar-refractivity contribution in [3.63, 3.8) is 0 Å². The van der Waals surface area contributed by atoms with E-state index in [9.17, 15) is 9.90 Å². The van der Waals surface area contributed by atoms with Gasteiger partial charge in [0.1, 0.15) is 11.9 Å². The van der Waals surface area contributed by atoms with Crippen LogP contribution < -0.4 is 10.1 Å². The third kappa shape index (κ3) is 7.24. The Labute approximate surface area is 173 Å². The molecule has 1 aliphatic heterocycles. The number of amides is 1. The van der Waals surface area contributed by atoms with Crippen molar-refractivity contribution in [1.29, 1.82) is 0 Å². The van der Waals surface area contributed by atoms with Gasteiger partial charge in [-0.15, -0.1) is 0 Å². The lowest BCUT2D eigenvalue weighted by molar-refractivity contribution is 0.0197. The number of carbonyl (C=O) groups is 1. The molecule has 0 spiro atoms. The Bertz CT molecular complexity index is 640. The lowest BCUT2D eigenvalue weighted by Crippen LogP contribution is -2.45. The zero-order valence-electron chi connectivity index (χ0n) is 17.3. The molecule has 1 aromatic rings. The Morgan fingerprint density at radius 2 is 2.07 bits per heavy atom. The van der Waals surface area contributed by atoms with E-state index in [-0.39, 0.29) is 12.0 Å². The van der Waals surface area contributed by atoms with Crippen molar-refractivity contribution < 1.29 is 19.4 Å². The van der Waals surface area contributed by atoms with Gasteiger partial charge in [0.25, 0.3) is 5.91 Å². The van der Waals surface area contributed by atoms with Gasteiger partial charge in [-0.25, -0.2) is 0 Å². The van der Waals surface area contributed by atoms with Crippen LogP contribution in [0.15, 0.2) is 18.2 Å². The number of likely N-dealkylation sites (tertiary alicyclic amines) is 1. The van der Waals surface area contributed by atoms with E-state index < -0.39 is 5.60 Å². The number of piperidine rings is 1. The first kappa shape index (κ1) is 22.9. The molecule has 1 atom stereocenters. The molecule has 0 saturated carbocycles. The Morgan fingerprint density at radius 3 is 2.64 bits per heavy atom. The van der Waals surface area contributed by atoms with E-state index in [1.54, 1.807) is 25.3 Å².